The van der Waals surface area contributed by atoms with Crippen molar-refractivity contribution in [2.75, 3.05) is 6.61 Å². The van der Waals surface area contributed by atoms with E-state index in [1.807, 2.05) is 12.1 Å². The van der Waals surface area contributed by atoms with Gasteiger partial charge in [-0.1, -0.05) is 11.6 Å². The summed E-state index contributed by atoms with van der Waals surface area (Å²) >= 11 is 6.10. The number of hydrogen-bond donors (Lipinski definition) is 2. The van der Waals surface area contributed by atoms with E-state index in [4.69, 9.17) is 22.2 Å². The molecule has 2 rings (SSSR count). The summed E-state index contributed by atoms with van der Waals surface area (Å²) < 4.78 is 5.59. The number of halogens is 1. The van der Waals surface area contributed by atoms with Crippen molar-refractivity contribution >= 4 is 11.6 Å². The van der Waals surface area contributed by atoms with Gasteiger partial charge in [0.2, 0.25) is 0 Å². The van der Waals surface area contributed by atoms with Crippen LogP contribution in [0.25, 0.3) is 0 Å². The van der Waals surface area contributed by atoms with E-state index in [1.54, 1.807) is 6.20 Å². The average Bonchev–Trinajstić information content (AvgIpc) is 2.85. The van der Waals surface area contributed by atoms with Gasteiger partial charge in [-0.3, -0.25) is 16.3 Å². The van der Waals surface area contributed by atoms with Crippen LogP contribution in [0.1, 0.15) is 37.4 Å². The second kappa shape index (κ2) is 6.31. The zero-order valence-electron chi connectivity index (χ0n) is 9.73. The van der Waals surface area contributed by atoms with Gasteiger partial charge in [-0.2, -0.15) is 0 Å². The van der Waals surface area contributed by atoms with E-state index in [9.17, 15) is 0 Å². The molecule has 1 fully saturated rings. The Morgan fingerprint density at radius 1 is 1.65 bits per heavy atom. The molecular weight excluding hydrogens is 238 g/mol. The molecule has 1 aliphatic heterocycles. The van der Waals surface area contributed by atoms with Gasteiger partial charge < -0.3 is 4.74 Å². The lowest BCUT2D eigenvalue weighted by Crippen LogP contribution is -2.29. The highest BCUT2D eigenvalue weighted by atomic mass is 35.5. The summed E-state index contributed by atoms with van der Waals surface area (Å²) in [6.45, 7) is 0.885. The number of nitrogens with two attached hydrogens (primary N) is 1. The molecular formula is C12H18ClN3O. The van der Waals surface area contributed by atoms with Crippen molar-refractivity contribution < 1.29 is 4.74 Å². The Balaban J connectivity index is 1.94. The Bertz CT molecular complexity index is 355. The minimum Gasteiger partial charge on any atom is -0.378 e. The van der Waals surface area contributed by atoms with Gasteiger partial charge in [-0.15, -0.1) is 0 Å². The predicted octanol–water partition coefficient (Wildman–Crippen LogP) is 2.20. The highest BCUT2D eigenvalue weighted by molar-refractivity contribution is 6.31. The number of hydrazine groups is 1. The van der Waals surface area contributed by atoms with E-state index in [-0.39, 0.29) is 6.04 Å². The van der Waals surface area contributed by atoms with Gasteiger partial charge in [0, 0.05) is 12.8 Å². The number of nitrogens with zero attached hydrogens (tertiary/aromatic N) is 1. The fourth-order valence-corrected chi connectivity index (χ4v) is 2.43. The van der Waals surface area contributed by atoms with Crippen molar-refractivity contribution in [2.45, 2.75) is 37.8 Å². The van der Waals surface area contributed by atoms with Gasteiger partial charge in [0.15, 0.2) is 0 Å². The summed E-state index contributed by atoms with van der Waals surface area (Å²) in [5, 5.41) is 0.655. The van der Waals surface area contributed by atoms with Crippen LogP contribution in [0.4, 0.5) is 0 Å². The smallest absolute Gasteiger partial charge is 0.0772 e. The summed E-state index contributed by atoms with van der Waals surface area (Å²) in [6, 6.07) is 3.65. The number of rotatable bonds is 5. The molecule has 2 heterocycles. The summed E-state index contributed by atoms with van der Waals surface area (Å²) in [4.78, 5) is 4.28. The summed E-state index contributed by atoms with van der Waals surface area (Å²) in [5.41, 5.74) is 3.60. The minimum absolute atomic E-state index is 0.00657. The third-order valence-corrected chi connectivity index (χ3v) is 3.44. The molecule has 0 aromatic carbocycles. The van der Waals surface area contributed by atoms with Gasteiger partial charge in [0.25, 0.3) is 0 Å². The fraction of sp³-hybridized carbons (Fsp3) is 0.583. The molecule has 3 N–H and O–H groups in total. The molecule has 2 atom stereocenters. The predicted molar refractivity (Wildman–Crippen MR) is 67.5 cm³/mol. The van der Waals surface area contributed by atoms with Crippen LogP contribution in [0.5, 0.6) is 0 Å². The Hall–Kier alpha value is -0.680. The summed E-state index contributed by atoms with van der Waals surface area (Å²) in [5.74, 6) is 5.57. The topological polar surface area (TPSA) is 60.2 Å². The van der Waals surface area contributed by atoms with Crippen LogP contribution in [-0.4, -0.2) is 17.7 Å². The monoisotopic (exact) mass is 255 g/mol. The molecule has 0 radical (unpaired) electrons. The van der Waals surface area contributed by atoms with Crippen LogP contribution in [0.2, 0.25) is 5.02 Å². The number of aromatic nitrogens is 1. The van der Waals surface area contributed by atoms with E-state index in [1.165, 1.54) is 0 Å². The zero-order valence-corrected chi connectivity index (χ0v) is 10.5. The van der Waals surface area contributed by atoms with Gasteiger partial charge in [-0.25, -0.2) is 0 Å². The van der Waals surface area contributed by atoms with Gasteiger partial charge in [-0.05, 0) is 37.8 Å². The van der Waals surface area contributed by atoms with Crippen molar-refractivity contribution in [3.8, 4) is 0 Å². The molecule has 0 aliphatic carbocycles. The van der Waals surface area contributed by atoms with Crippen LogP contribution < -0.4 is 11.3 Å². The first-order chi connectivity index (χ1) is 8.31. The molecule has 94 valence electrons. The molecule has 5 heteroatoms. The molecule has 2 unspecified atom stereocenters. The van der Waals surface area contributed by atoms with Crippen LogP contribution in [0.3, 0.4) is 0 Å². The first-order valence-electron chi connectivity index (χ1n) is 5.99. The Morgan fingerprint density at radius 3 is 3.18 bits per heavy atom. The molecule has 0 bridgehead atoms. The zero-order chi connectivity index (χ0) is 12.1. The summed E-state index contributed by atoms with van der Waals surface area (Å²) in [7, 11) is 0. The second-order valence-electron chi connectivity index (χ2n) is 4.30. The van der Waals surface area contributed by atoms with E-state index in [2.05, 4.69) is 10.4 Å². The molecule has 0 amide bonds. The van der Waals surface area contributed by atoms with Crippen molar-refractivity contribution in [1.29, 1.82) is 0 Å². The van der Waals surface area contributed by atoms with E-state index in [0.717, 1.165) is 38.0 Å². The maximum atomic E-state index is 6.10. The lowest BCUT2D eigenvalue weighted by atomic mass is 10.0. The number of ether oxygens (including phenoxy) is 1. The first kappa shape index (κ1) is 12.8. The number of nitrogens with one attached hydrogen (secondary N) is 1. The highest BCUT2D eigenvalue weighted by Crippen LogP contribution is 2.26. The molecule has 0 saturated carbocycles. The molecule has 1 aliphatic rings. The Labute approximate surface area is 106 Å². The second-order valence-corrected chi connectivity index (χ2v) is 4.71. The van der Waals surface area contributed by atoms with Crippen molar-refractivity contribution in [1.82, 2.24) is 10.4 Å². The van der Waals surface area contributed by atoms with Crippen molar-refractivity contribution in [3.05, 3.63) is 29.0 Å². The average molecular weight is 256 g/mol. The largest absolute Gasteiger partial charge is 0.378 e. The van der Waals surface area contributed by atoms with E-state index >= 15 is 0 Å². The molecule has 4 nitrogen and oxygen atoms in total. The maximum absolute atomic E-state index is 6.10. The Kier molecular flexibility index (Phi) is 4.74. The van der Waals surface area contributed by atoms with E-state index < -0.39 is 0 Å². The number of pyridine rings is 1. The maximum Gasteiger partial charge on any atom is 0.0772 e. The molecule has 17 heavy (non-hydrogen) atoms. The summed E-state index contributed by atoms with van der Waals surface area (Å²) in [6.07, 6.45) is 6.29. The first-order valence-corrected chi connectivity index (χ1v) is 6.37. The van der Waals surface area contributed by atoms with E-state index in [0.29, 0.717) is 11.1 Å². The van der Waals surface area contributed by atoms with Crippen molar-refractivity contribution in [3.63, 3.8) is 0 Å². The molecule has 1 aromatic heterocycles. The van der Waals surface area contributed by atoms with Crippen LogP contribution in [0.15, 0.2) is 18.3 Å². The number of hydrogen-bond acceptors (Lipinski definition) is 4. The van der Waals surface area contributed by atoms with Gasteiger partial charge in [0.05, 0.1) is 22.9 Å². The third-order valence-electron chi connectivity index (χ3n) is 3.12. The fourth-order valence-electron chi connectivity index (χ4n) is 2.18. The van der Waals surface area contributed by atoms with Crippen LogP contribution in [-0.2, 0) is 4.74 Å². The lowest BCUT2D eigenvalue weighted by Gasteiger charge is -2.18. The minimum atomic E-state index is -0.00657. The molecule has 0 spiro atoms. The normalized spacial score (nSPS) is 21.6. The highest BCUT2D eigenvalue weighted by Gasteiger charge is 2.20. The molecule has 1 aromatic rings. The van der Waals surface area contributed by atoms with Gasteiger partial charge >= 0.3 is 0 Å². The third kappa shape index (κ3) is 3.39. The Morgan fingerprint density at radius 2 is 2.53 bits per heavy atom. The van der Waals surface area contributed by atoms with Crippen LogP contribution >= 0.6 is 11.6 Å². The standard InChI is InChI=1S/C12H18ClN3O/c13-10-4-1-7-15-12(10)11(16-14)6-5-9-3-2-8-17-9/h1,4,7,9,11,16H,2-3,5-6,8,14H2. The quantitative estimate of drug-likeness (QED) is 0.626. The SMILES string of the molecule is NNC(CCC1CCCO1)c1ncccc1Cl. The van der Waals surface area contributed by atoms with Crippen molar-refractivity contribution in [2.24, 2.45) is 5.84 Å². The van der Waals surface area contributed by atoms with Crippen LogP contribution in [0, 0.1) is 0 Å². The molecule has 1 saturated heterocycles. The van der Waals surface area contributed by atoms with Gasteiger partial charge in [0.1, 0.15) is 0 Å². The lowest BCUT2D eigenvalue weighted by molar-refractivity contribution is 0.0995.